The van der Waals surface area contributed by atoms with Gasteiger partial charge in [0, 0.05) is 0 Å². The van der Waals surface area contributed by atoms with Gasteiger partial charge in [0.2, 0.25) is 0 Å². The summed E-state index contributed by atoms with van der Waals surface area (Å²) in [7, 11) is 1.57. The summed E-state index contributed by atoms with van der Waals surface area (Å²) in [4.78, 5) is 12.6. The third-order valence-electron chi connectivity index (χ3n) is 8.76. The first-order chi connectivity index (χ1) is 10.9. The molecule has 2 nitrogen and oxygen atoms in total. The molecule has 6 atom stereocenters. The van der Waals surface area contributed by atoms with E-state index < -0.39 is 0 Å². The molecule has 0 radical (unpaired) electrons. The maximum Gasteiger partial charge on any atom is 0.311 e. The number of rotatable bonds is 1. The Kier molecular flexibility index (Phi) is 3.32. The zero-order valence-corrected chi connectivity index (χ0v) is 15.1. The largest absolute Gasteiger partial charge is 0.469 e. The van der Waals surface area contributed by atoms with Gasteiger partial charge in [0.05, 0.1) is 12.5 Å². The van der Waals surface area contributed by atoms with Gasteiger partial charge in [-0.25, -0.2) is 0 Å². The van der Waals surface area contributed by atoms with Crippen molar-refractivity contribution in [3.63, 3.8) is 0 Å². The highest BCUT2D eigenvalue weighted by Gasteiger charge is 2.65. The SMILES string of the molecule is C=C1C[C@]23CC[C@H]1C[C@H]2[C@]1(C)CCC[C@](C)(C(=O)OC)[C@H]1CC3. The summed E-state index contributed by atoms with van der Waals surface area (Å²) in [5.74, 6) is 2.08. The van der Waals surface area contributed by atoms with E-state index in [-0.39, 0.29) is 11.4 Å². The molecule has 5 rings (SSSR count). The van der Waals surface area contributed by atoms with Crippen LogP contribution < -0.4 is 0 Å². The van der Waals surface area contributed by atoms with Crippen LogP contribution in [0.5, 0.6) is 0 Å². The monoisotopic (exact) mass is 316 g/mol. The number of esters is 1. The number of carbonyl (C=O) groups is 1. The van der Waals surface area contributed by atoms with Crippen LogP contribution in [-0.2, 0) is 9.53 Å². The van der Waals surface area contributed by atoms with Gasteiger partial charge < -0.3 is 4.74 Å². The Morgan fingerprint density at radius 1 is 1.13 bits per heavy atom. The maximum absolute atomic E-state index is 12.6. The van der Waals surface area contributed by atoms with Crippen LogP contribution in [0, 0.1) is 34.0 Å². The second kappa shape index (κ2) is 4.86. The summed E-state index contributed by atoms with van der Waals surface area (Å²) >= 11 is 0. The lowest BCUT2D eigenvalue weighted by atomic mass is 9.37. The zero-order chi connectivity index (χ0) is 16.5. The molecule has 2 heteroatoms. The van der Waals surface area contributed by atoms with Gasteiger partial charge in [0.15, 0.2) is 0 Å². The number of hydrogen-bond acceptors (Lipinski definition) is 2. The molecule has 0 amide bonds. The Bertz CT molecular complexity index is 552. The smallest absolute Gasteiger partial charge is 0.311 e. The van der Waals surface area contributed by atoms with Crippen LogP contribution in [0.4, 0.5) is 0 Å². The molecule has 5 fully saturated rings. The average Bonchev–Trinajstić information content (AvgIpc) is 2.53. The van der Waals surface area contributed by atoms with Crippen molar-refractivity contribution in [2.24, 2.45) is 34.0 Å². The van der Waals surface area contributed by atoms with Gasteiger partial charge in [-0.1, -0.05) is 25.5 Å². The van der Waals surface area contributed by atoms with Crippen molar-refractivity contribution >= 4 is 5.97 Å². The van der Waals surface area contributed by atoms with Crippen LogP contribution in [0.15, 0.2) is 12.2 Å². The van der Waals surface area contributed by atoms with Crippen molar-refractivity contribution in [2.75, 3.05) is 7.11 Å². The Morgan fingerprint density at radius 2 is 1.87 bits per heavy atom. The molecule has 2 bridgehead atoms. The lowest BCUT2D eigenvalue weighted by Gasteiger charge is -2.67. The minimum absolute atomic E-state index is 0.0368. The highest BCUT2D eigenvalue weighted by Crippen LogP contribution is 2.72. The average molecular weight is 316 g/mol. The predicted octanol–water partition coefficient (Wildman–Crippen LogP) is 5.13. The summed E-state index contributed by atoms with van der Waals surface area (Å²) in [5.41, 5.74) is 2.09. The second-order valence-electron chi connectivity index (χ2n) is 9.58. The van der Waals surface area contributed by atoms with E-state index in [1.807, 2.05) is 0 Å². The predicted molar refractivity (Wildman–Crippen MR) is 91.8 cm³/mol. The van der Waals surface area contributed by atoms with Gasteiger partial charge in [-0.05, 0) is 86.9 Å². The molecule has 0 unspecified atom stereocenters. The number of ether oxygens (including phenoxy) is 1. The topological polar surface area (TPSA) is 26.3 Å². The molecular weight excluding hydrogens is 284 g/mol. The van der Waals surface area contributed by atoms with Gasteiger partial charge in [-0.15, -0.1) is 0 Å². The molecule has 0 aromatic heterocycles. The fourth-order valence-corrected chi connectivity index (χ4v) is 7.71. The van der Waals surface area contributed by atoms with Crippen LogP contribution in [0.1, 0.15) is 71.6 Å². The molecule has 0 aromatic rings. The Morgan fingerprint density at radius 3 is 2.57 bits per heavy atom. The Labute approximate surface area is 141 Å². The van der Waals surface area contributed by atoms with Crippen LogP contribution in [0.3, 0.4) is 0 Å². The van der Waals surface area contributed by atoms with E-state index in [1.165, 1.54) is 56.9 Å². The molecule has 0 N–H and O–H groups in total. The number of allylic oxidation sites excluding steroid dienone is 1. The molecule has 1 spiro atoms. The van der Waals surface area contributed by atoms with Crippen molar-refractivity contribution in [1.82, 2.24) is 0 Å². The molecule has 128 valence electrons. The maximum atomic E-state index is 12.6. The molecule has 5 saturated carbocycles. The molecule has 5 aliphatic carbocycles. The van der Waals surface area contributed by atoms with Crippen molar-refractivity contribution in [1.29, 1.82) is 0 Å². The Balaban J connectivity index is 1.73. The lowest BCUT2D eigenvalue weighted by Crippen LogP contribution is -2.61. The van der Waals surface area contributed by atoms with Crippen molar-refractivity contribution in [3.05, 3.63) is 12.2 Å². The van der Waals surface area contributed by atoms with E-state index in [0.29, 0.717) is 16.7 Å². The molecule has 0 saturated heterocycles. The van der Waals surface area contributed by atoms with Crippen molar-refractivity contribution in [2.45, 2.75) is 71.6 Å². The highest BCUT2D eigenvalue weighted by molar-refractivity contribution is 5.77. The molecule has 0 aliphatic heterocycles. The van der Waals surface area contributed by atoms with Crippen LogP contribution >= 0.6 is 0 Å². The molecule has 5 aliphatic rings. The van der Waals surface area contributed by atoms with Crippen molar-refractivity contribution in [3.8, 4) is 0 Å². The number of hydrogen-bond donors (Lipinski definition) is 0. The van der Waals surface area contributed by atoms with E-state index in [2.05, 4.69) is 20.4 Å². The first kappa shape index (κ1) is 15.7. The van der Waals surface area contributed by atoms with Crippen molar-refractivity contribution < 1.29 is 9.53 Å². The summed E-state index contributed by atoms with van der Waals surface area (Å²) in [6.45, 7) is 9.12. The molecular formula is C21H32O2. The normalized spacial score (nSPS) is 51.8. The van der Waals surface area contributed by atoms with Gasteiger partial charge in [0.1, 0.15) is 0 Å². The van der Waals surface area contributed by atoms with E-state index in [1.54, 1.807) is 7.11 Å². The third-order valence-corrected chi connectivity index (χ3v) is 8.76. The minimum atomic E-state index is -0.267. The third kappa shape index (κ3) is 1.90. The summed E-state index contributed by atoms with van der Waals surface area (Å²) in [5, 5.41) is 0. The fraction of sp³-hybridized carbons (Fsp3) is 0.857. The summed E-state index contributed by atoms with van der Waals surface area (Å²) in [6, 6.07) is 0. The van der Waals surface area contributed by atoms with Crippen LogP contribution in [-0.4, -0.2) is 13.1 Å². The number of carbonyl (C=O) groups excluding carboxylic acids is 1. The van der Waals surface area contributed by atoms with E-state index in [9.17, 15) is 4.79 Å². The highest BCUT2D eigenvalue weighted by atomic mass is 16.5. The number of methoxy groups -OCH3 is 1. The summed E-state index contributed by atoms with van der Waals surface area (Å²) in [6.07, 6.45) is 11.4. The molecule has 0 heterocycles. The van der Waals surface area contributed by atoms with Crippen LogP contribution in [0.25, 0.3) is 0 Å². The summed E-state index contributed by atoms with van der Waals surface area (Å²) < 4.78 is 5.25. The van der Waals surface area contributed by atoms with E-state index in [0.717, 1.165) is 18.3 Å². The lowest BCUT2D eigenvalue weighted by molar-refractivity contribution is -0.192. The van der Waals surface area contributed by atoms with E-state index in [4.69, 9.17) is 4.74 Å². The zero-order valence-electron chi connectivity index (χ0n) is 15.1. The standard InChI is InChI=1S/C21H32O2/c1-14-13-21-10-6-15(14)12-17(21)19(2)8-5-9-20(3,18(22)23-4)16(19)7-11-21/h15-17H,1,5-13H2,2-4H3/t15-,16-,17-,19+,20-,21+/m0/s1. The second-order valence-corrected chi connectivity index (χ2v) is 9.58. The fourth-order valence-electron chi connectivity index (χ4n) is 7.71. The minimum Gasteiger partial charge on any atom is -0.469 e. The van der Waals surface area contributed by atoms with Crippen LogP contribution in [0.2, 0.25) is 0 Å². The van der Waals surface area contributed by atoms with Gasteiger partial charge in [-0.2, -0.15) is 0 Å². The molecule has 0 aromatic carbocycles. The quantitative estimate of drug-likeness (QED) is 0.495. The molecule has 23 heavy (non-hydrogen) atoms. The van der Waals surface area contributed by atoms with Gasteiger partial charge in [0.25, 0.3) is 0 Å². The first-order valence-corrected chi connectivity index (χ1v) is 9.62. The van der Waals surface area contributed by atoms with Gasteiger partial charge >= 0.3 is 5.97 Å². The van der Waals surface area contributed by atoms with Gasteiger partial charge in [-0.3, -0.25) is 4.79 Å². The number of fused-ring (bicyclic) bond motifs is 3. The van der Waals surface area contributed by atoms with E-state index >= 15 is 0 Å². The Hall–Kier alpha value is -0.790. The first-order valence-electron chi connectivity index (χ1n) is 9.62.